The third kappa shape index (κ3) is 2.92. The first-order valence-electron chi connectivity index (χ1n) is 5.48. The van der Waals surface area contributed by atoms with E-state index >= 15 is 0 Å². The van der Waals surface area contributed by atoms with Gasteiger partial charge in [-0.25, -0.2) is 9.18 Å². The average molecular weight is 293 g/mol. The van der Waals surface area contributed by atoms with Crippen LogP contribution in [0.4, 0.5) is 14.9 Å². The zero-order valence-corrected chi connectivity index (χ0v) is 10.4. The highest BCUT2D eigenvalue weighted by Gasteiger charge is 2.27. The molecule has 0 aromatic carbocycles. The van der Waals surface area contributed by atoms with Gasteiger partial charge in [0.1, 0.15) is 12.4 Å². The van der Waals surface area contributed by atoms with Gasteiger partial charge in [-0.1, -0.05) is 16.4 Å². The van der Waals surface area contributed by atoms with E-state index in [1.165, 1.54) is 0 Å². The lowest BCUT2D eigenvalue weighted by Crippen LogP contribution is -2.44. The number of likely N-dealkylation sites (tertiary alicyclic amines) is 1. The summed E-state index contributed by atoms with van der Waals surface area (Å²) in [5.74, 6) is 0. The first-order valence-corrected chi connectivity index (χ1v) is 5.86. The molecule has 1 atom stereocenters. The Morgan fingerprint density at radius 3 is 3.00 bits per heavy atom. The molecule has 1 aromatic heterocycles. The van der Waals surface area contributed by atoms with E-state index in [1.807, 2.05) is 0 Å². The van der Waals surface area contributed by atoms with Crippen molar-refractivity contribution in [2.24, 2.45) is 0 Å². The van der Waals surface area contributed by atoms with Gasteiger partial charge < -0.3 is 4.90 Å². The summed E-state index contributed by atoms with van der Waals surface area (Å²) in [6, 6.07) is 0. The minimum atomic E-state index is -1.09. The lowest BCUT2D eigenvalue weighted by Gasteiger charge is -2.27. The molecule has 1 amide bonds. The topological polar surface area (TPSA) is 90.5 Å². The van der Waals surface area contributed by atoms with E-state index in [-0.39, 0.29) is 6.54 Å². The molecule has 2 heterocycles. The predicted octanol–water partition coefficient (Wildman–Crippen LogP) is 1.43. The van der Waals surface area contributed by atoms with Gasteiger partial charge in [-0.3, -0.25) is 15.0 Å². The summed E-state index contributed by atoms with van der Waals surface area (Å²) in [7, 11) is 0. The fraction of sp³-hybridized carbons (Fsp3) is 0.556. The maximum Gasteiger partial charge on any atom is 0.436 e. The second-order valence-electron chi connectivity index (χ2n) is 3.99. The van der Waals surface area contributed by atoms with E-state index in [0.29, 0.717) is 24.2 Å². The largest absolute Gasteiger partial charge is 0.436 e. The number of hydrogen-bond donors (Lipinski definition) is 0. The van der Waals surface area contributed by atoms with Crippen molar-refractivity contribution in [3.05, 3.63) is 21.5 Å². The smallest absolute Gasteiger partial charge is 0.303 e. The number of nitro groups is 1. The van der Waals surface area contributed by atoms with Crippen LogP contribution in [0.3, 0.4) is 0 Å². The molecule has 8 nitrogen and oxygen atoms in total. The zero-order valence-electron chi connectivity index (χ0n) is 9.66. The Hall–Kier alpha value is -1.90. The summed E-state index contributed by atoms with van der Waals surface area (Å²) in [6.07, 6.45) is -0.142. The second-order valence-corrected chi connectivity index (χ2v) is 4.35. The van der Waals surface area contributed by atoms with Crippen LogP contribution >= 0.6 is 11.6 Å². The van der Waals surface area contributed by atoms with Gasteiger partial charge >= 0.3 is 11.8 Å². The van der Waals surface area contributed by atoms with Crippen LogP contribution in [0.15, 0.2) is 6.20 Å². The molecule has 19 heavy (non-hydrogen) atoms. The predicted molar refractivity (Wildman–Crippen MR) is 61.6 cm³/mol. The van der Waals surface area contributed by atoms with Crippen molar-refractivity contribution in [3.8, 4) is 0 Å². The number of carbonyl (C=O) groups excluding carboxylic acids is 1. The molecule has 104 valence electrons. The lowest BCUT2D eigenvalue weighted by atomic mass is 10.1. The van der Waals surface area contributed by atoms with E-state index in [2.05, 4.69) is 5.10 Å². The highest BCUT2D eigenvalue weighted by Crippen LogP contribution is 2.22. The van der Waals surface area contributed by atoms with E-state index in [4.69, 9.17) is 16.4 Å². The molecule has 1 aliphatic heterocycles. The van der Waals surface area contributed by atoms with Crippen LogP contribution in [0.25, 0.3) is 0 Å². The van der Waals surface area contributed by atoms with Crippen molar-refractivity contribution >= 4 is 23.4 Å². The van der Waals surface area contributed by atoms with Crippen molar-refractivity contribution in [1.82, 2.24) is 14.8 Å². The highest BCUT2D eigenvalue weighted by atomic mass is 35.5. The Kier molecular flexibility index (Phi) is 3.84. The van der Waals surface area contributed by atoms with Crippen LogP contribution < -0.4 is 4.84 Å². The lowest BCUT2D eigenvalue weighted by molar-refractivity contribution is -0.384. The van der Waals surface area contributed by atoms with E-state index in [1.54, 1.807) is 0 Å². The second kappa shape index (κ2) is 5.39. The number of carbonyl (C=O) groups is 1. The summed E-state index contributed by atoms with van der Waals surface area (Å²) < 4.78 is 13.1. The first kappa shape index (κ1) is 13.5. The van der Waals surface area contributed by atoms with Crippen molar-refractivity contribution in [1.29, 1.82) is 0 Å². The highest BCUT2D eigenvalue weighted by molar-refractivity contribution is 6.31. The zero-order chi connectivity index (χ0) is 14.0. The molecule has 0 aliphatic carbocycles. The van der Waals surface area contributed by atoms with Gasteiger partial charge in [0, 0.05) is 6.54 Å². The molecule has 1 aromatic rings. The number of alkyl halides is 1. The fourth-order valence-electron chi connectivity index (χ4n) is 1.72. The number of halogens is 2. The molecular weight excluding hydrogens is 283 g/mol. The Morgan fingerprint density at radius 1 is 1.68 bits per heavy atom. The molecule has 0 N–H and O–H groups in total. The number of rotatable bonds is 2. The fourth-order valence-corrected chi connectivity index (χ4v) is 1.91. The molecule has 0 spiro atoms. The molecule has 0 bridgehead atoms. The molecular formula is C9H10ClFN4O4. The number of amides is 1. The van der Waals surface area contributed by atoms with Crippen LogP contribution in [0.2, 0.25) is 5.15 Å². The van der Waals surface area contributed by atoms with Crippen molar-refractivity contribution in [2.75, 3.05) is 13.1 Å². The number of nitrogens with zero attached hydrogens (tertiary/aromatic N) is 4. The molecule has 0 saturated carbocycles. The van der Waals surface area contributed by atoms with E-state index < -0.39 is 28.0 Å². The summed E-state index contributed by atoms with van der Waals surface area (Å²) in [4.78, 5) is 27.9. The molecule has 1 aliphatic rings. The summed E-state index contributed by atoms with van der Waals surface area (Å²) in [5, 5.41) is 13.6. The molecule has 0 radical (unpaired) electrons. The Bertz CT molecular complexity index is 508. The SMILES string of the molecule is O=C(On1ncc([N+](=O)[O-])c1Cl)N1CCCC(F)C1. The maximum atomic E-state index is 13.1. The van der Waals surface area contributed by atoms with Gasteiger partial charge in [0.25, 0.3) is 0 Å². The van der Waals surface area contributed by atoms with Gasteiger partial charge in [-0.05, 0) is 12.8 Å². The minimum absolute atomic E-state index is 0.0696. The summed E-state index contributed by atoms with van der Waals surface area (Å²) in [6.45, 7) is 0.292. The van der Waals surface area contributed by atoms with E-state index in [9.17, 15) is 19.3 Å². The van der Waals surface area contributed by atoms with Crippen molar-refractivity contribution in [2.45, 2.75) is 19.0 Å². The first-order chi connectivity index (χ1) is 8.99. The normalized spacial score (nSPS) is 19.3. The van der Waals surface area contributed by atoms with E-state index in [0.717, 1.165) is 11.1 Å². The van der Waals surface area contributed by atoms with Crippen LogP contribution in [-0.2, 0) is 0 Å². The standard InChI is InChI=1S/C9H10ClFN4O4/c10-8-7(15(17)18)4-12-14(8)19-9(16)13-3-1-2-6(11)5-13/h4,6H,1-3,5H2. The van der Waals surface area contributed by atoms with Gasteiger partial charge in [0.05, 0.1) is 11.5 Å². The monoisotopic (exact) mass is 292 g/mol. The van der Waals surface area contributed by atoms with Gasteiger partial charge in [-0.2, -0.15) is 0 Å². The maximum absolute atomic E-state index is 13.1. The van der Waals surface area contributed by atoms with Gasteiger partial charge in [-0.15, -0.1) is 5.10 Å². The molecule has 2 rings (SSSR count). The third-order valence-electron chi connectivity index (χ3n) is 2.65. The van der Waals surface area contributed by atoms with Crippen molar-refractivity contribution in [3.63, 3.8) is 0 Å². The minimum Gasteiger partial charge on any atom is -0.303 e. The number of hydrogen-bond acceptors (Lipinski definition) is 5. The van der Waals surface area contributed by atoms with Crippen LogP contribution in [0, 0.1) is 10.1 Å². The van der Waals surface area contributed by atoms with Gasteiger partial charge in [0.2, 0.25) is 5.15 Å². The third-order valence-corrected chi connectivity index (χ3v) is 2.99. The van der Waals surface area contributed by atoms with Crippen LogP contribution in [0.5, 0.6) is 0 Å². The Morgan fingerprint density at radius 2 is 2.42 bits per heavy atom. The Labute approximate surface area is 111 Å². The molecule has 10 heteroatoms. The Balaban J connectivity index is 2.04. The summed E-state index contributed by atoms with van der Waals surface area (Å²) >= 11 is 5.62. The van der Waals surface area contributed by atoms with Crippen molar-refractivity contribution < 1.29 is 18.9 Å². The van der Waals surface area contributed by atoms with Crippen LogP contribution in [0.1, 0.15) is 12.8 Å². The number of aromatic nitrogens is 2. The molecule has 1 fully saturated rings. The summed E-state index contributed by atoms with van der Waals surface area (Å²) in [5.41, 5.74) is -0.475. The quantitative estimate of drug-likeness (QED) is 0.607. The molecule has 1 unspecified atom stereocenters. The number of piperidine rings is 1. The average Bonchev–Trinajstić information content (AvgIpc) is 2.71. The van der Waals surface area contributed by atoms with Crippen LogP contribution in [-0.4, -0.2) is 45.1 Å². The van der Waals surface area contributed by atoms with Gasteiger partial charge in [0.15, 0.2) is 0 Å². The molecule has 1 saturated heterocycles.